The van der Waals surface area contributed by atoms with E-state index in [1.807, 2.05) is 34.6 Å². The summed E-state index contributed by atoms with van der Waals surface area (Å²) in [7, 11) is 0. The monoisotopic (exact) mass is 280 g/mol. The molecule has 1 aromatic carbocycles. The number of furan rings is 1. The summed E-state index contributed by atoms with van der Waals surface area (Å²) in [5, 5.41) is -0.307. The van der Waals surface area contributed by atoms with Gasteiger partial charge < -0.3 is 4.42 Å². The third-order valence-electron chi connectivity index (χ3n) is 3.68. The first-order valence-electron chi connectivity index (χ1n) is 6.30. The minimum atomic E-state index is -0.307. The second kappa shape index (κ2) is 5.01. The van der Waals surface area contributed by atoms with Crippen LogP contribution in [-0.2, 0) is 0 Å². The second-order valence-corrected chi connectivity index (χ2v) is 5.51. The molecule has 1 atom stereocenters. The third kappa shape index (κ3) is 2.42. The number of hydrogen-bond donors (Lipinski definition) is 0. The van der Waals surface area contributed by atoms with E-state index in [9.17, 15) is 4.39 Å². The van der Waals surface area contributed by atoms with Crippen LogP contribution in [0.25, 0.3) is 0 Å². The van der Waals surface area contributed by atoms with Crippen molar-refractivity contribution in [3.63, 3.8) is 0 Å². The first kappa shape index (κ1) is 14.1. The predicted molar refractivity (Wildman–Crippen MR) is 76.5 cm³/mol. The summed E-state index contributed by atoms with van der Waals surface area (Å²) >= 11 is 6.64. The molecule has 1 heterocycles. The highest BCUT2D eigenvalue weighted by atomic mass is 35.5. The zero-order chi connectivity index (χ0) is 14.3. The minimum absolute atomic E-state index is 0.223. The van der Waals surface area contributed by atoms with Gasteiger partial charge >= 0.3 is 0 Å². The fourth-order valence-electron chi connectivity index (χ4n) is 2.65. The Hall–Kier alpha value is -1.28. The van der Waals surface area contributed by atoms with Gasteiger partial charge in [0.15, 0.2) is 0 Å². The highest BCUT2D eigenvalue weighted by molar-refractivity contribution is 6.23. The molecule has 0 saturated heterocycles. The summed E-state index contributed by atoms with van der Waals surface area (Å²) in [6.07, 6.45) is 0. The van der Waals surface area contributed by atoms with E-state index >= 15 is 0 Å². The van der Waals surface area contributed by atoms with Crippen LogP contribution in [0.4, 0.5) is 4.39 Å². The molecule has 0 aliphatic carbocycles. The van der Waals surface area contributed by atoms with Crippen LogP contribution >= 0.6 is 11.6 Å². The molecular formula is C16H18ClFO. The highest BCUT2D eigenvalue weighted by Gasteiger charge is 2.23. The van der Waals surface area contributed by atoms with E-state index in [2.05, 4.69) is 0 Å². The maximum absolute atomic E-state index is 13.4. The van der Waals surface area contributed by atoms with Gasteiger partial charge in [-0.25, -0.2) is 4.39 Å². The van der Waals surface area contributed by atoms with Crippen molar-refractivity contribution in [2.24, 2.45) is 0 Å². The van der Waals surface area contributed by atoms with Gasteiger partial charge in [-0.1, -0.05) is 0 Å². The Balaban J connectivity index is 2.59. The topological polar surface area (TPSA) is 13.1 Å². The maximum atomic E-state index is 13.4. The standard InChI is InChI=1S/C16H18ClFO/c1-8-6-13(18)7-9(2)14(8)16(17)15-10(3)11(4)19-12(15)5/h6-7,16H,1-5H3. The Morgan fingerprint density at radius 2 is 1.47 bits per heavy atom. The van der Waals surface area contributed by atoms with Gasteiger partial charge in [0.25, 0.3) is 0 Å². The van der Waals surface area contributed by atoms with Gasteiger partial charge in [-0.15, -0.1) is 11.6 Å². The first-order valence-corrected chi connectivity index (χ1v) is 6.73. The van der Waals surface area contributed by atoms with E-state index in [0.717, 1.165) is 39.3 Å². The van der Waals surface area contributed by atoms with Crippen LogP contribution < -0.4 is 0 Å². The average Bonchev–Trinajstić information content (AvgIpc) is 2.51. The fraction of sp³-hybridized carbons (Fsp3) is 0.375. The molecule has 0 N–H and O–H groups in total. The van der Waals surface area contributed by atoms with Crippen LogP contribution in [0.5, 0.6) is 0 Å². The number of rotatable bonds is 2. The lowest BCUT2D eigenvalue weighted by atomic mass is 9.93. The van der Waals surface area contributed by atoms with Gasteiger partial charge in [-0.2, -0.15) is 0 Å². The molecule has 19 heavy (non-hydrogen) atoms. The number of aryl methyl sites for hydroxylation is 4. The van der Waals surface area contributed by atoms with Crippen LogP contribution in [0.15, 0.2) is 16.5 Å². The molecule has 1 unspecified atom stereocenters. The lowest BCUT2D eigenvalue weighted by Gasteiger charge is -2.16. The minimum Gasteiger partial charge on any atom is -0.466 e. The molecule has 0 bridgehead atoms. The molecule has 0 radical (unpaired) electrons. The van der Waals surface area contributed by atoms with Crippen molar-refractivity contribution in [1.29, 1.82) is 0 Å². The molecule has 102 valence electrons. The largest absolute Gasteiger partial charge is 0.466 e. The van der Waals surface area contributed by atoms with Crippen molar-refractivity contribution >= 4 is 11.6 Å². The quantitative estimate of drug-likeness (QED) is 0.681. The molecule has 0 fully saturated rings. The van der Waals surface area contributed by atoms with Crippen LogP contribution in [-0.4, -0.2) is 0 Å². The number of benzene rings is 1. The molecule has 0 spiro atoms. The van der Waals surface area contributed by atoms with E-state index in [4.69, 9.17) is 16.0 Å². The van der Waals surface area contributed by atoms with E-state index in [1.165, 1.54) is 12.1 Å². The highest BCUT2D eigenvalue weighted by Crippen LogP contribution is 2.38. The molecule has 2 aromatic rings. The predicted octanol–water partition coefficient (Wildman–Crippen LogP) is 5.29. The van der Waals surface area contributed by atoms with Crippen LogP contribution in [0, 0.1) is 40.4 Å². The maximum Gasteiger partial charge on any atom is 0.123 e. The molecule has 2 rings (SSSR count). The molecule has 1 nitrogen and oxygen atoms in total. The van der Waals surface area contributed by atoms with E-state index in [-0.39, 0.29) is 11.2 Å². The van der Waals surface area contributed by atoms with Gasteiger partial charge in [0.1, 0.15) is 17.3 Å². The molecule has 1 aromatic heterocycles. The molecular weight excluding hydrogens is 263 g/mol. The Bertz CT molecular complexity index is 605. The number of hydrogen-bond acceptors (Lipinski definition) is 1. The Morgan fingerprint density at radius 3 is 1.89 bits per heavy atom. The molecule has 0 saturated carbocycles. The van der Waals surface area contributed by atoms with E-state index < -0.39 is 0 Å². The summed E-state index contributed by atoms with van der Waals surface area (Å²) in [5.41, 5.74) is 4.78. The van der Waals surface area contributed by atoms with Gasteiger partial charge in [0, 0.05) is 5.56 Å². The summed E-state index contributed by atoms with van der Waals surface area (Å²) in [5.74, 6) is 1.49. The van der Waals surface area contributed by atoms with Gasteiger partial charge in [0.2, 0.25) is 0 Å². The third-order valence-corrected chi connectivity index (χ3v) is 4.12. The summed E-state index contributed by atoms with van der Waals surface area (Å²) in [6, 6.07) is 3.05. The fourth-order valence-corrected chi connectivity index (χ4v) is 3.31. The van der Waals surface area contributed by atoms with E-state index in [1.54, 1.807) is 0 Å². The van der Waals surface area contributed by atoms with Crippen molar-refractivity contribution in [3.05, 3.63) is 57.3 Å². The zero-order valence-electron chi connectivity index (χ0n) is 11.9. The molecule has 3 heteroatoms. The number of alkyl halides is 1. The van der Waals surface area contributed by atoms with Crippen molar-refractivity contribution in [1.82, 2.24) is 0 Å². The van der Waals surface area contributed by atoms with Crippen molar-refractivity contribution in [3.8, 4) is 0 Å². The molecule has 0 amide bonds. The van der Waals surface area contributed by atoms with Crippen LogP contribution in [0.1, 0.15) is 44.7 Å². The average molecular weight is 281 g/mol. The van der Waals surface area contributed by atoms with Gasteiger partial charge in [-0.05, 0) is 69.0 Å². The normalized spacial score (nSPS) is 12.8. The van der Waals surface area contributed by atoms with Gasteiger partial charge in [-0.3, -0.25) is 0 Å². The lowest BCUT2D eigenvalue weighted by Crippen LogP contribution is -2.02. The zero-order valence-corrected chi connectivity index (χ0v) is 12.7. The number of halogens is 2. The van der Waals surface area contributed by atoms with Crippen molar-refractivity contribution < 1.29 is 8.81 Å². The summed E-state index contributed by atoms with van der Waals surface area (Å²) in [4.78, 5) is 0. The van der Waals surface area contributed by atoms with E-state index in [0.29, 0.717) is 0 Å². The Morgan fingerprint density at radius 1 is 0.947 bits per heavy atom. The van der Waals surface area contributed by atoms with Crippen molar-refractivity contribution in [2.45, 2.75) is 40.0 Å². The van der Waals surface area contributed by atoms with Crippen LogP contribution in [0.3, 0.4) is 0 Å². The molecule has 0 aliphatic heterocycles. The Labute approximate surface area is 118 Å². The lowest BCUT2D eigenvalue weighted by molar-refractivity contribution is 0.500. The Kier molecular flexibility index (Phi) is 3.73. The second-order valence-electron chi connectivity index (χ2n) is 5.07. The SMILES string of the molecule is Cc1cc(F)cc(C)c1C(Cl)c1c(C)oc(C)c1C. The smallest absolute Gasteiger partial charge is 0.123 e. The van der Waals surface area contributed by atoms with Crippen molar-refractivity contribution in [2.75, 3.05) is 0 Å². The first-order chi connectivity index (χ1) is 8.82. The van der Waals surface area contributed by atoms with Crippen LogP contribution in [0.2, 0.25) is 0 Å². The molecule has 0 aliphatic rings. The van der Waals surface area contributed by atoms with Gasteiger partial charge in [0.05, 0.1) is 5.38 Å². The summed E-state index contributed by atoms with van der Waals surface area (Å²) in [6.45, 7) is 9.63. The summed E-state index contributed by atoms with van der Waals surface area (Å²) < 4.78 is 19.0.